The van der Waals surface area contributed by atoms with Gasteiger partial charge in [0.15, 0.2) is 0 Å². The fraction of sp³-hybridized carbons (Fsp3) is 1.00. The standard InChI is InChI=1S/C10H18O3S2/c1-3-9(7-5-11-7)14-13-15-10(4-2)8-6-12-8/h7-10H,3-6H2,1-2H3. The van der Waals surface area contributed by atoms with Gasteiger partial charge in [-0.2, -0.15) is 0 Å². The van der Waals surface area contributed by atoms with Crippen molar-refractivity contribution in [3.63, 3.8) is 0 Å². The molecule has 4 atom stereocenters. The van der Waals surface area contributed by atoms with E-state index in [4.69, 9.17) is 13.1 Å². The highest BCUT2D eigenvalue weighted by Crippen LogP contribution is 2.36. The van der Waals surface area contributed by atoms with Crippen molar-refractivity contribution in [2.45, 2.75) is 49.4 Å². The van der Waals surface area contributed by atoms with Gasteiger partial charge in [0.2, 0.25) is 0 Å². The Balaban J connectivity index is 1.59. The zero-order valence-corrected chi connectivity index (χ0v) is 10.8. The van der Waals surface area contributed by atoms with Gasteiger partial charge in [0, 0.05) is 24.1 Å². The normalized spacial score (nSPS) is 32.4. The van der Waals surface area contributed by atoms with Crippen LogP contribution in [0.5, 0.6) is 0 Å². The van der Waals surface area contributed by atoms with E-state index in [2.05, 4.69) is 13.8 Å². The summed E-state index contributed by atoms with van der Waals surface area (Å²) in [5.41, 5.74) is 0. The van der Waals surface area contributed by atoms with Crippen molar-refractivity contribution in [3.05, 3.63) is 0 Å². The molecular weight excluding hydrogens is 232 g/mol. The summed E-state index contributed by atoms with van der Waals surface area (Å²) in [6.07, 6.45) is 3.06. The lowest BCUT2D eigenvalue weighted by molar-refractivity contribution is 0.395. The van der Waals surface area contributed by atoms with Gasteiger partial charge in [0.1, 0.15) is 0 Å². The second kappa shape index (κ2) is 5.77. The van der Waals surface area contributed by atoms with Crippen LogP contribution in [0.4, 0.5) is 0 Å². The molecule has 3 nitrogen and oxygen atoms in total. The second-order valence-corrected chi connectivity index (χ2v) is 6.04. The molecule has 2 aliphatic rings. The molecule has 0 spiro atoms. The van der Waals surface area contributed by atoms with Crippen LogP contribution in [-0.2, 0) is 13.1 Å². The van der Waals surface area contributed by atoms with Crippen LogP contribution in [0.3, 0.4) is 0 Å². The molecule has 2 heterocycles. The molecule has 0 saturated carbocycles. The first-order chi connectivity index (χ1) is 7.35. The van der Waals surface area contributed by atoms with E-state index in [9.17, 15) is 0 Å². The number of epoxide rings is 2. The molecule has 0 aromatic rings. The molecule has 2 aliphatic heterocycles. The highest BCUT2D eigenvalue weighted by molar-refractivity contribution is 8.08. The molecule has 2 rings (SSSR count). The van der Waals surface area contributed by atoms with E-state index in [1.54, 1.807) is 24.1 Å². The van der Waals surface area contributed by atoms with Crippen LogP contribution in [0.25, 0.3) is 0 Å². The van der Waals surface area contributed by atoms with Crippen molar-refractivity contribution in [3.8, 4) is 0 Å². The Morgan fingerprint density at radius 1 is 1.07 bits per heavy atom. The van der Waals surface area contributed by atoms with E-state index in [1.807, 2.05) is 0 Å². The Hall–Kier alpha value is 0.580. The van der Waals surface area contributed by atoms with Gasteiger partial charge < -0.3 is 9.47 Å². The average Bonchev–Trinajstić information content (AvgIpc) is 3.09. The van der Waals surface area contributed by atoms with Gasteiger partial charge >= 0.3 is 0 Å². The Bertz CT molecular complexity index is 175. The molecular formula is C10H18O3S2. The number of ether oxygens (including phenoxy) is 2. The van der Waals surface area contributed by atoms with Crippen molar-refractivity contribution in [2.75, 3.05) is 13.2 Å². The monoisotopic (exact) mass is 250 g/mol. The molecule has 0 aliphatic carbocycles. The summed E-state index contributed by atoms with van der Waals surface area (Å²) in [7, 11) is 0. The fourth-order valence-electron chi connectivity index (χ4n) is 1.45. The molecule has 88 valence electrons. The summed E-state index contributed by atoms with van der Waals surface area (Å²) in [5.74, 6) is 0. The lowest BCUT2D eigenvalue weighted by Gasteiger charge is -2.13. The lowest BCUT2D eigenvalue weighted by atomic mass is 10.3. The zero-order chi connectivity index (χ0) is 10.7. The SMILES string of the molecule is CCC(SOSC(CC)C1CO1)C1CO1. The predicted octanol–water partition coefficient (Wildman–Crippen LogP) is 2.65. The van der Waals surface area contributed by atoms with Gasteiger partial charge in [0.05, 0.1) is 35.9 Å². The van der Waals surface area contributed by atoms with E-state index in [0.29, 0.717) is 22.7 Å². The van der Waals surface area contributed by atoms with Gasteiger partial charge in [-0.05, 0) is 12.8 Å². The minimum Gasteiger partial charge on any atom is -0.372 e. The molecule has 0 aromatic heterocycles. The van der Waals surface area contributed by atoms with E-state index in [-0.39, 0.29) is 0 Å². The minimum absolute atomic E-state index is 0.429. The Labute approximate surface area is 100 Å². The largest absolute Gasteiger partial charge is 0.372 e. The van der Waals surface area contributed by atoms with Crippen LogP contribution in [0.2, 0.25) is 0 Å². The summed E-state index contributed by atoms with van der Waals surface area (Å²) in [5, 5.41) is 0.991. The molecule has 2 fully saturated rings. The van der Waals surface area contributed by atoms with Crippen molar-refractivity contribution in [2.24, 2.45) is 0 Å². The Kier molecular flexibility index (Phi) is 4.64. The van der Waals surface area contributed by atoms with Crippen LogP contribution >= 0.6 is 24.1 Å². The first-order valence-electron chi connectivity index (χ1n) is 5.57. The summed E-state index contributed by atoms with van der Waals surface area (Å²) in [6.45, 7) is 6.16. The maximum atomic E-state index is 5.62. The van der Waals surface area contributed by atoms with Crippen LogP contribution < -0.4 is 0 Å². The Morgan fingerprint density at radius 2 is 1.47 bits per heavy atom. The van der Waals surface area contributed by atoms with Crippen molar-refractivity contribution in [1.29, 1.82) is 0 Å². The van der Waals surface area contributed by atoms with E-state index in [0.717, 1.165) is 26.1 Å². The fourth-order valence-corrected chi connectivity index (χ4v) is 3.27. The third-order valence-electron chi connectivity index (χ3n) is 2.68. The van der Waals surface area contributed by atoms with Gasteiger partial charge in [-0.25, -0.2) is 3.63 Å². The molecule has 0 N–H and O–H groups in total. The van der Waals surface area contributed by atoms with Crippen molar-refractivity contribution >= 4 is 24.1 Å². The Morgan fingerprint density at radius 3 is 1.73 bits per heavy atom. The lowest BCUT2D eigenvalue weighted by Crippen LogP contribution is -2.12. The van der Waals surface area contributed by atoms with E-state index < -0.39 is 0 Å². The van der Waals surface area contributed by atoms with Crippen LogP contribution in [0, 0.1) is 0 Å². The van der Waals surface area contributed by atoms with E-state index >= 15 is 0 Å². The van der Waals surface area contributed by atoms with Crippen molar-refractivity contribution in [1.82, 2.24) is 0 Å². The number of hydrogen-bond acceptors (Lipinski definition) is 5. The van der Waals surface area contributed by atoms with Crippen molar-refractivity contribution < 1.29 is 13.1 Å². The topological polar surface area (TPSA) is 34.3 Å². The maximum absolute atomic E-state index is 5.62. The molecule has 0 amide bonds. The van der Waals surface area contributed by atoms with Crippen LogP contribution in [0.15, 0.2) is 0 Å². The van der Waals surface area contributed by atoms with Gasteiger partial charge in [-0.15, -0.1) is 0 Å². The second-order valence-electron chi connectivity index (χ2n) is 3.90. The molecule has 0 radical (unpaired) electrons. The maximum Gasteiger partial charge on any atom is 0.0950 e. The third-order valence-corrected chi connectivity index (χ3v) is 5.07. The number of rotatable bonds is 8. The van der Waals surface area contributed by atoms with E-state index in [1.165, 1.54) is 0 Å². The summed E-state index contributed by atoms with van der Waals surface area (Å²) in [4.78, 5) is 0. The summed E-state index contributed by atoms with van der Waals surface area (Å²) >= 11 is 3.13. The van der Waals surface area contributed by atoms with Gasteiger partial charge in [-0.3, -0.25) is 0 Å². The first-order valence-corrected chi connectivity index (χ1v) is 7.18. The van der Waals surface area contributed by atoms with Crippen LogP contribution in [0.1, 0.15) is 26.7 Å². The highest BCUT2D eigenvalue weighted by Gasteiger charge is 2.35. The minimum atomic E-state index is 0.429. The molecule has 2 saturated heterocycles. The highest BCUT2D eigenvalue weighted by atomic mass is 32.2. The number of hydrogen-bond donors (Lipinski definition) is 0. The zero-order valence-electron chi connectivity index (χ0n) is 9.18. The third kappa shape index (κ3) is 3.82. The quantitative estimate of drug-likeness (QED) is 0.489. The van der Waals surface area contributed by atoms with Gasteiger partial charge in [-0.1, -0.05) is 13.8 Å². The smallest absolute Gasteiger partial charge is 0.0950 e. The summed E-state index contributed by atoms with van der Waals surface area (Å²) < 4.78 is 16.2. The molecule has 15 heavy (non-hydrogen) atoms. The van der Waals surface area contributed by atoms with Gasteiger partial charge in [0.25, 0.3) is 0 Å². The first kappa shape index (κ1) is 12.0. The molecule has 0 bridgehead atoms. The predicted molar refractivity (Wildman–Crippen MR) is 63.9 cm³/mol. The molecule has 5 heteroatoms. The molecule has 0 aromatic carbocycles. The summed E-state index contributed by atoms with van der Waals surface area (Å²) in [6, 6.07) is 0. The van der Waals surface area contributed by atoms with Crippen LogP contribution in [-0.4, -0.2) is 35.9 Å². The molecule has 4 unspecified atom stereocenters. The average molecular weight is 250 g/mol.